The van der Waals surface area contributed by atoms with E-state index in [1.54, 1.807) is 68.1 Å². The van der Waals surface area contributed by atoms with Crippen molar-refractivity contribution in [3.63, 3.8) is 0 Å². The van der Waals surface area contributed by atoms with Crippen molar-refractivity contribution in [2.24, 2.45) is 0 Å². The minimum Gasteiger partial charge on any atom is -0.444 e. The highest BCUT2D eigenvalue weighted by Gasteiger charge is 2.32. The summed E-state index contributed by atoms with van der Waals surface area (Å²) in [5.74, 6) is -0.313. The first-order valence-electron chi connectivity index (χ1n) is 9.83. The summed E-state index contributed by atoms with van der Waals surface area (Å²) in [7, 11) is 0. The zero-order valence-corrected chi connectivity index (χ0v) is 17.1. The van der Waals surface area contributed by atoms with Gasteiger partial charge in [-0.15, -0.1) is 0 Å². The Hall–Kier alpha value is -2.89. The quantitative estimate of drug-likeness (QED) is 0.752. The topological polar surface area (TPSA) is 58.6 Å². The fraction of sp³-hybridized carbons (Fsp3) is 0.391. The van der Waals surface area contributed by atoms with Gasteiger partial charge in [0.05, 0.1) is 6.42 Å². The van der Waals surface area contributed by atoms with E-state index in [0.717, 1.165) is 18.4 Å². The lowest BCUT2D eigenvalue weighted by molar-refractivity contribution is -0.131. The molecule has 0 aromatic heterocycles. The molecule has 0 atom stereocenters. The van der Waals surface area contributed by atoms with Crippen molar-refractivity contribution >= 4 is 17.7 Å². The molecule has 29 heavy (non-hydrogen) atoms. The van der Waals surface area contributed by atoms with Crippen LogP contribution >= 0.6 is 0 Å². The van der Waals surface area contributed by atoms with E-state index in [2.05, 4.69) is 5.32 Å². The Morgan fingerprint density at radius 1 is 1.10 bits per heavy atom. The standard InChI is InChI=1S/C23H27FN2O3/c1-23(2,3)29-22(28)25-18-10-8-16(9-11-18)14-21(27)26(19-12-13-19)15-17-6-4-5-7-20(17)24/h4-11,19H,12-15H2,1-3H3,(H,25,28). The van der Waals surface area contributed by atoms with E-state index >= 15 is 0 Å². The molecule has 5 nitrogen and oxygen atoms in total. The molecule has 154 valence electrons. The Morgan fingerprint density at radius 2 is 1.76 bits per heavy atom. The highest BCUT2D eigenvalue weighted by molar-refractivity contribution is 5.85. The second-order valence-corrected chi connectivity index (χ2v) is 8.34. The van der Waals surface area contributed by atoms with Gasteiger partial charge in [0.2, 0.25) is 5.91 Å². The molecule has 1 aliphatic rings. The minimum atomic E-state index is -0.569. The number of nitrogens with one attached hydrogen (secondary N) is 1. The number of carbonyl (C=O) groups excluding carboxylic acids is 2. The Morgan fingerprint density at radius 3 is 2.34 bits per heavy atom. The molecule has 6 heteroatoms. The van der Waals surface area contributed by atoms with Crippen molar-refractivity contribution in [2.75, 3.05) is 5.32 Å². The molecule has 3 rings (SSSR count). The fourth-order valence-electron chi connectivity index (χ4n) is 3.02. The van der Waals surface area contributed by atoms with E-state index in [1.807, 2.05) is 0 Å². The molecule has 0 aliphatic heterocycles. The Labute approximate surface area is 170 Å². The maximum absolute atomic E-state index is 14.0. The van der Waals surface area contributed by atoms with Crippen LogP contribution in [0.3, 0.4) is 0 Å². The van der Waals surface area contributed by atoms with Crippen molar-refractivity contribution in [1.82, 2.24) is 4.90 Å². The van der Waals surface area contributed by atoms with Crippen molar-refractivity contribution in [3.8, 4) is 0 Å². The van der Waals surface area contributed by atoms with Gasteiger partial charge in [-0.3, -0.25) is 10.1 Å². The van der Waals surface area contributed by atoms with Gasteiger partial charge >= 0.3 is 6.09 Å². The Balaban J connectivity index is 1.60. The molecule has 2 aromatic carbocycles. The number of halogens is 1. The van der Waals surface area contributed by atoms with Gasteiger partial charge in [-0.25, -0.2) is 9.18 Å². The van der Waals surface area contributed by atoms with Crippen LogP contribution in [0.15, 0.2) is 48.5 Å². The van der Waals surface area contributed by atoms with Crippen molar-refractivity contribution in [3.05, 3.63) is 65.5 Å². The van der Waals surface area contributed by atoms with Gasteiger partial charge in [-0.05, 0) is 57.4 Å². The average Bonchev–Trinajstić information content (AvgIpc) is 3.46. The summed E-state index contributed by atoms with van der Waals surface area (Å²) in [5, 5.41) is 2.67. The summed E-state index contributed by atoms with van der Waals surface area (Å²) in [4.78, 5) is 26.5. The van der Waals surface area contributed by atoms with Gasteiger partial charge in [0.25, 0.3) is 0 Å². The Bertz CT molecular complexity index is 870. The van der Waals surface area contributed by atoms with Gasteiger partial charge in [-0.1, -0.05) is 30.3 Å². The third kappa shape index (κ3) is 6.31. The van der Waals surface area contributed by atoms with E-state index < -0.39 is 11.7 Å². The molecule has 0 spiro atoms. The number of hydrogen-bond donors (Lipinski definition) is 1. The molecule has 0 bridgehead atoms. The summed E-state index contributed by atoms with van der Waals surface area (Å²) in [5.41, 5.74) is 1.40. The first-order valence-corrected chi connectivity index (χ1v) is 9.83. The maximum atomic E-state index is 14.0. The molecule has 0 heterocycles. The third-order valence-corrected chi connectivity index (χ3v) is 4.56. The smallest absolute Gasteiger partial charge is 0.412 e. The molecule has 0 unspecified atom stereocenters. The number of benzene rings is 2. The van der Waals surface area contributed by atoms with Gasteiger partial charge in [-0.2, -0.15) is 0 Å². The first kappa shape index (κ1) is 20.8. The van der Waals surface area contributed by atoms with Crippen molar-refractivity contribution < 1.29 is 18.7 Å². The van der Waals surface area contributed by atoms with Crippen LogP contribution in [-0.4, -0.2) is 28.5 Å². The van der Waals surface area contributed by atoms with Crippen LogP contribution in [0.2, 0.25) is 0 Å². The van der Waals surface area contributed by atoms with E-state index in [4.69, 9.17) is 4.74 Å². The number of anilines is 1. The van der Waals surface area contributed by atoms with Gasteiger partial charge in [0.1, 0.15) is 11.4 Å². The van der Waals surface area contributed by atoms with Gasteiger partial charge in [0.15, 0.2) is 0 Å². The molecule has 0 radical (unpaired) electrons. The van der Waals surface area contributed by atoms with Gasteiger partial charge in [0, 0.05) is 23.8 Å². The summed E-state index contributed by atoms with van der Waals surface area (Å²) in [6.45, 7) is 5.69. The van der Waals surface area contributed by atoms with Crippen molar-refractivity contribution in [1.29, 1.82) is 0 Å². The first-order chi connectivity index (χ1) is 13.7. The lowest BCUT2D eigenvalue weighted by Gasteiger charge is -2.23. The number of amides is 2. The van der Waals surface area contributed by atoms with Crippen LogP contribution in [0.25, 0.3) is 0 Å². The van der Waals surface area contributed by atoms with E-state index in [0.29, 0.717) is 11.3 Å². The van der Waals surface area contributed by atoms with E-state index in [-0.39, 0.29) is 30.7 Å². The molecule has 1 saturated carbocycles. The van der Waals surface area contributed by atoms with E-state index in [1.165, 1.54) is 6.07 Å². The van der Waals surface area contributed by atoms with Crippen LogP contribution in [-0.2, 0) is 22.5 Å². The molecule has 1 N–H and O–H groups in total. The molecule has 0 saturated heterocycles. The number of carbonyl (C=O) groups is 2. The van der Waals surface area contributed by atoms with Crippen LogP contribution in [0.4, 0.5) is 14.9 Å². The summed E-state index contributed by atoms with van der Waals surface area (Å²) in [6, 6.07) is 13.8. The number of nitrogens with zero attached hydrogens (tertiary/aromatic N) is 1. The lowest BCUT2D eigenvalue weighted by atomic mass is 10.1. The molecule has 2 aromatic rings. The Kier molecular flexibility index (Phi) is 6.20. The van der Waals surface area contributed by atoms with Crippen LogP contribution in [0.5, 0.6) is 0 Å². The van der Waals surface area contributed by atoms with Crippen molar-refractivity contribution in [2.45, 2.75) is 58.2 Å². The fourth-order valence-corrected chi connectivity index (χ4v) is 3.02. The zero-order valence-electron chi connectivity index (χ0n) is 17.1. The molecular formula is C23H27FN2O3. The normalized spacial score (nSPS) is 13.7. The van der Waals surface area contributed by atoms with Gasteiger partial charge < -0.3 is 9.64 Å². The highest BCUT2D eigenvalue weighted by Crippen LogP contribution is 2.29. The maximum Gasteiger partial charge on any atom is 0.412 e. The summed E-state index contributed by atoms with van der Waals surface area (Å²) in [6.07, 6.45) is 1.63. The van der Waals surface area contributed by atoms with Crippen LogP contribution < -0.4 is 5.32 Å². The SMILES string of the molecule is CC(C)(C)OC(=O)Nc1ccc(CC(=O)N(Cc2ccccc2F)C2CC2)cc1. The largest absolute Gasteiger partial charge is 0.444 e. The average molecular weight is 398 g/mol. The lowest BCUT2D eigenvalue weighted by Crippen LogP contribution is -2.34. The zero-order chi connectivity index (χ0) is 21.0. The summed E-state index contributed by atoms with van der Waals surface area (Å²) >= 11 is 0. The number of rotatable bonds is 6. The minimum absolute atomic E-state index is 0.0244. The second-order valence-electron chi connectivity index (χ2n) is 8.34. The summed E-state index contributed by atoms with van der Waals surface area (Å²) < 4.78 is 19.2. The molecule has 1 aliphatic carbocycles. The predicted molar refractivity (Wildman–Crippen MR) is 110 cm³/mol. The molecule has 1 fully saturated rings. The molecular weight excluding hydrogens is 371 g/mol. The predicted octanol–water partition coefficient (Wildman–Crippen LogP) is 4.91. The van der Waals surface area contributed by atoms with E-state index in [9.17, 15) is 14.0 Å². The molecule has 2 amide bonds. The van der Waals surface area contributed by atoms with Crippen LogP contribution in [0.1, 0.15) is 44.7 Å². The monoisotopic (exact) mass is 398 g/mol. The second kappa shape index (κ2) is 8.64. The number of hydrogen-bond acceptors (Lipinski definition) is 3. The highest BCUT2D eigenvalue weighted by atomic mass is 19.1. The van der Waals surface area contributed by atoms with Crippen LogP contribution in [0, 0.1) is 5.82 Å². The third-order valence-electron chi connectivity index (χ3n) is 4.56. The number of ether oxygens (including phenoxy) is 1.